The monoisotopic (exact) mass is 649 g/mol. The summed E-state index contributed by atoms with van der Waals surface area (Å²) in [4.78, 5) is 40.1. The first-order valence-electron chi connectivity index (χ1n) is 15.8. The van der Waals surface area contributed by atoms with Gasteiger partial charge in [0, 0.05) is 37.1 Å². The number of ether oxygens (including phenoxy) is 1. The molecule has 0 aliphatic rings. The highest BCUT2D eigenvalue weighted by Gasteiger charge is 2.24. The van der Waals surface area contributed by atoms with Gasteiger partial charge in [-0.15, -0.1) is 0 Å². The molecule has 46 heavy (non-hydrogen) atoms. The van der Waals surface area contributed by atoms with E-state index in [1.807, 2.05) is 32.9 Å². The van der Waals surface area contributed by atoms with Crippen LogP contribution in [-0.4, -0.2) is 49.0 Å². The number of carbonyl (C=O) groups is 1. The third-order valence-electron chi connectivity index (χ3n) is 8.47. The van der Waals surface area contributed by atoms with Crippen molar-refractivity contribution in [3.63, 3.8) is 0 Å². The van der Waals surface area contributed by atoms with Crippen LogP contribution < -0.4 is 15.6 Å². The fourth-order valence-corrected chi connectivity index (χ4v) is 5.99. The molecule has 11 heteroatoms. The Bertz CT molecular complexity index is 1700. The van der Waals surface area contributed by atoms with E-state index in [-0.39, 0.29) is 16.9 Å². The minimum atomic E-state index is -2.49. The molecule has 2 aromatic heterocycles. The number of nitrogens with one attached hydrogen (secondary N) is 1. The number of fused-ring (bicyclic) bond motifs is 3. The first-order valence-corrected chi connectivity index (χ1v) is 17.0. The van der Waals surface area contributed by atoms with Crippen molar-refractivity contribution in [1.29, 1.82) is 0 Å². The molecule has 0 aliphatic carbocycles. The summed E-state index contributed by atoms with van der Waals surface area (Å²) in [6.45, 7) is 17.6. The Labute approximate surface area is 273 Å². The lowest BCUT2D eigenvalue weighted by molar-refractivity contribution is -0.118. The molecule has 2 aromatic carbocycles. The van der Waals surface area contributed by atoms with Crippen molar-refractivity contribution >= 4 is 42.3 Å². The van der Waals surface area contributed by atoms with E-state index in [2.05, 4.69) is 55.4 Å². The number of amides is 1. The quantitative estimate of drug-likeness (QED) is 0.0603. The SMILES string of the molecule is C=CC(=O)NC(C)(C)CCOCCC(C)(C)c1ccc2c(c1)nc(N)c1nc(CCCC)n(Cc3ccc(OP(O)O)c(C)c3)c12. The molecular formula is C35H48N5O5P. The highest BCUT2D eigenvalue weighted by molar-refractivity contribution is 7.39. The van der Waals surface area contributed by atoms with E-state index in [1.54, 1.807) is 6.07 Å². The molecule has 10 nitrogen and oxygen atoms in total. The van der Waals surface area contributed by atoms with Crippen LogP contribution in [0, 0.1) is 6.92 Å². The normalized spacial score (nSPS) is 12.3. The zero-order chi connectivity index (χ0) is 33.6. The molecule has 0 saturated heterocycles. The highest BCUT2D eigenvalue weighted by Crippen LogP contribution is 2.35. The van der Waals surface area contributed by atoms with Gasteiger partial charge in [-0.25, -0.2) is 9.97 Å². The maximum Gasteiger partial charge on any atom is 0.391 e. The Morgan fingerprint density at radius 3 is 2.52 bits per heavy atom. The van der Waals surface area contributed by atoms with Crippen LogP contribution in [0.15, 0.2) is 49.1 Å². The van der Waals surface area contributed by atoms with Gasteiger partial charge in [0.15, 0.2) is 5.82 Å². The molecule has 5 N–H and O–H groups in total. The second-order valence-corrected chi connectivity index (χ2v) is 13.8. The third kappa shape index (κ3) is 8.62. The molecule has 0 fully saturated rings. The number of hydrogen-bond acceptors (Lipinski definition) is 8. The van der Waals surface area contributed by atoms with Gasteiger partial charge in [0.2, 0.25) is 5.91 Å². The summed E-state index contributed by atoms with van der Waals surface area (Å²) in [5.41, 5.74) is 11.5. The van der Waals surface area contributed by atoms with Gasteiger partial charge in [0.1, 0.15) is 17.1 Å². The fourth-order valence-electron chi connectivity index (χ4n) is 5.61. The van der Waals surface area contributed by atoms with Crippen molar-refractivity contribution < 1.29 is 23.8 Å². The Hall–Kier alpha value is -3.56. The number of unbranched alkanes of at least 4 members (excludes halogenated alkanes) is 1. The lowest BCUT2D eigenvalue weighted by atomic mass is 9.81. The van der Waals surface area contributed by atoms with Crippen molar-refractivity contribution in [1.82, 2.24) is 19.9 Å². The second kappa shape index (κ2) is 14.9. The number of aromatic nitrogens is 3. The molecule has 0 saturated carbocycles. The van der Waals surface area contributed by atoms with Crippen LogP contribution in [0.25, 0.3) is 21.9 Å². The van der Waals surface area contributed by atoms with Crippen LogP contribution in [0.4, 0.5) is 5.82 Å². The molecule has 4 aromatic rings. The summed E-state index contributed by atoms with van der Waals surface area (Å²) in [6.07, 6.45) is 5.64. The predicted octanol–water partition coefficient (Wildman–Crippen LogP) is 6.61. The van der Waals surface area contributed by atoms with E-state index < -0.39 is 8.60 Å². The highest BCUT2D eigenvalue weighted by atomic mass is 31.2. The van der Waals surface area contributed by atoms with E-state index in [4.69, 9.17) is 25.0 Å². The lowest BCUT2D eigenvalue weighted by Gasteiger charge is -2.27. The van der Waals surface area contributed by atoms with E-state index in [0.29, 0.717) is 43.3 Å². The summed E-state index contributed by atoms with van der Waals surface area (Å²) in [6, 6.07) is 12.1. The molecule has 1 amide bonds. The first-order chi connectivity index (χ1) is 21.7. The molecule has 0 radical (unpaired) electrons. The molecular weight excluding hydrogens is 601 g/mol. The van der Waals surface area contributed by atoms with Crippen LogP contribution >= 0.6 is 8.60 Å². The van der Waals surface area contributed by atoms with Crippen molar-refractivity contribution in [3.8, 4) is 5.75 Å². The van der Waals surface area contributed by atoms with Crippen LogP contribution in [-0.2, 0) is 27.9 Å². The third-order valence-corrected chi connectivity index (χ3v) is 8.83. The van der Waals surface area contributed by atoms with Crippen LogP contribution in [0.2, 0.25) is 0 Å². The van der Waals surface area contributed by atoms with Gasteiger partial charge in [0.05, 0.1) is 11.0 Å². The number of nitrogen functional groups attached to an aromatic ring is 1. The molecule has 0 atom stereocenters. The van der Waals surface area contributed by atoms with Gasteiger partial charge in [-0.05, 0) is 80.3 Å². The molecule has 2 heterocycles. The number of hydrogen-bond donors (Lipinski definition) is 4. The molecule has 0 unspecified atom stereocenters. The maximum absolute atomic E-state index is 11.7. The Kier molecular flexibility index (Phi) is 11.4. The summed E-state index contributed by atoms with van der Waals surface area (Å²) in [5.74, 6) is 1.62. The van der Waals surface area contributed by atoms with Crippen molar-refractivity contribution in [2.24, 2.45) is 0 Å². The van der Waals surface area contributed by atoms with Gasteiger partial charge in [-0.2, -0.15) is 0 Å². The number of nitrogens with zero attached hydrogens (tertiary/aromatic N) is 3. The van der Waals surface area contributed by atoms with E-state index in [0.717, 1.165) is 64.6 Å². The second-order valence-electron chi connectivity index (χ2n) is 13.2. The summed E-state index contributed by atoms with van der Waals surface area (Å²) >= 11 is 0. The number of anilines is 1. The average molecular weight is 650 g/mol. The zero-order valence-electron chi connectivity index (χ0n) is 27.9. The van der Waals surface area contributed by atoms with E-state index in [9.17, 15) is 14.6 Å². The minimum absolute atomic E-state index is 0.177. The van der Waals surface area contributed by atoms with Crippen molar-refractivity contribution in [2.75, 3.05) is 18.9 Å². The van der Waals surface area contributed by atoms with Gasteiger partial charge in [-0.1, -0.05) is 58.0 Å². The van der Waals surface area contributed by atoms with Crippen molar-refractivity contribution in [3.05, 3.63) is 71.6 Å². The van der Waals surface area contributed by atoms with E-state index >= 15 is 0 Å². The largest absolute Gasteiger partial charge is 0.427 e. The molecule has 0 bridgehead atoms. The number of rotatable bonds is 16. The van der Waals surface area contributed by atoms with Gasteiger partial charge in [0.25, 0.3) is 0 Å². The summed E-state index contributed by atoms with van der Waals surface area (Å²) in [7, 11) is -2.49. The minimum Gasteiger partial charge on any atom is -0.427 e. The summed E-state index contributed by atoms with van der Waals surface area (Å²) < 4.78 is 13.4. The van der Waals surface area contributed by atoms with Crippen molar-refractivity contribution in [2.45, 2.75) is 91.1 Å². The Balaban J connectivity index is 1.60. The number of pyridine rings is 1. The van der Waals surface area contributed by atoms with E-state index in [1.165, 1.54) is 6.08 Å². The molecule has 0 spiro atoms. The lowest BCUT2D eigenvalue weighted by Crippen LogP contribution is -2.43. The number of carbonyl (C=O) groups excluding carboxylic acids is 1. The number of aryl methyl sites for hydroxylation is 2. The zero-order valence-corrected chi connectivity index (χ0v) is 28.8. The summed E-state index contributed by atoms with van der Waals surface area (Å²) in [5, 5.41) is 3.92. The van der Waals surface area contributed by atoms with Gasteiger partial charge >= 0.3 is 8.60 Å². The van der Waals surface area contributed by atoms with Crippen LogP contribution in [0.3, 0.4) is 0 Å². The maximum atomic E-state index is 11.7. The van der Waals surface area contributed by atoms with Gasteiger partial charge < -0.3 is 34.7 Å². The fraction of sp³-hybridized carbons (Fsp3) is 0.457. The van der Waals surface area contributed by atoms with Gasteiger partial charge in [-0.3, -0.25) is 4.79 Å². The topological polar surface area (TPSA) is 145 Å². The Morgan fingerprint density at radius 1 is 1.11 bits per heavy atom. The molecule has 248 valence electrons. The standard InChI is InChI=1S/C35H48N5O5P/c1-8-10-11-29-38-31-32(40(29)22-24-12-15-28(23(3)20-24)45-46(42)43)26-14-13-25(21-27(26)37-33(31)36)34(4,5)16-18-44-19-17-35(6,7)39-30(41)9-2/h9,12-15,20-21,42-43H,2,8,10-11,16-19,22H2,1,3-7H3,(H2,36,37)(H,39,41). The predicted molar refractivity (Wildman–Crippen MR) is 186 cm³/mol. The Morgan fingerprint density at radius 2 is 1.85 bits per heavy atom. The first kappa shape index (κ1) is 35.3. The molecule has 0 aliphatic heterocycles. The van der Waals surface area contributed by atoms with Crippen LogP contribution in [0.1, 0.15) is 82.8 Å². The average Bonchev–Trinajstić information content (AvgIpc) is 3.35. The van der Waals surface area contributed by atoms with Crippen LogP contribution in [0.5, 0.6) is 5.75 Å². The number of nitrogens with two attached hydrogens (primary N) is 1. The number of benzene rings is 2. The molecule has 4 rings (SSSR count). The smallest absolute Gasteiger partial charge is 0.391 e. The number of imidazole rings is 1.